The molecule has 1 amide bonds. The van der Waals surface area contributed by atoms with Gasteiger partial charge in [-0.2, -0.15) is 0 Å². The Bertz CT molecular complexity index is 1100. The van der Waals surface area contributed by atoms with E-state index in [4.69, 9.17) is 0 Å². The van der Waals surface area contributed by atoms with Crippen molar-refractivity contribution in [2.45, 2.75) is 50.9 Å². The van der Waals surface area contributed by atoms with E-state index in [0.717, 1.165) is 42.8 Å². The molecular weight excluding hydrogens is 454 g/mol. The largest absolute Gasteiger partial charge is 0.480 e. The summed E-state index contributed by atoms with van der Waals surface area (Å²) in [7, 11) is 0. The number of anilines is 1. The highest BCUT2D eigenvalue weighted by molar-refractivity contribution is 5.92. The van der Waals surface area contributed by atoms with Crippen molar-refractivity contribution in [1.82, 2.24) is 19.8 Å². The lowest BCUT2D eigenvalue weighted by Crippen LogP contribution is -2.55. The molecule has 0 spiro atoms. The van der Waals surface area contributed by atoms with Crippen LogP contribution in [0.5, 0.6) is 0 Å². The average Bonchev–Trinajstić information content (AvgIpc) is 2.89. The summed E-state index contributed by atoms with van der Waals surface area (Å²) < 4.78 is 0. The number of nitrogens with zero attached hydrogens (tertiary/aromatic N) is 4. The lowest BCUT2D eigenvalue weighted by Gasteiger charge is -2.44. The minimum atomic E-state index is -0.867. The first kappa shape index (κ1) is 25.5. The zero-order valence-corrected chi connectivity index (χ0v) is 20.4. The first-order valence-electron chi connectivity index (χ1n) is 12.4. The molecule has 0 saturated heterocycles. The molecule has 4 rings (SSSR count). The van der Waals surface area contributed by atoms with Gasteiger partial charge in [0, 0.05) is 43.3 Å². The molecule has 1 saturated carbocycles. The molecule has 1 aliphatic carbocycles. The molecule has 0 bridgehead atoms. The Morgan fingerprint density at radius 3 is 1.81 bits per heavy atom. The number of hydrogen-bond donors (Lipinski definition) is 2. The summed E-state index contributed by atoms with van der Waals surface area (Å²) in [6.07, 6.45) is 7.29. The third-order valence-electron chi connectivity index (χ3n) is 6.56. The number of aliphatic carboxylic acids is 1. The zero-order chi connectivity index (χ0) is 25.2. The van der Waals surface area contributed by atoms with E-state index in [1.165, 1.54) is 0 Å². The van der Waals surface area contributed by atoms with Crippen molar-refractivity contribution in [2.24, 2.45) is 0 Å². The Kier molecular flexibility index (Phi) is 9.13. The van der Waals surface area contributed by atoms with Gasteiger partial charge in [0.25, 0.3) is 0 Å². The molecule has 0 radical (unpaired) electrons. The second-order valence-corrected chi connectivity index (χ2v) is 9.18. The smallest absolute Gasteiger partial charge is 0.317 e. The van der Waals surface area contributed by atoms with Crippen molar-refractivity contribution in [3.05, 3.63) is 90.5 Å². The van der Waals surface area contributed by atoms with Crippen LogP contribution in [0.3, 0.4) is 0 Å². The molecule has 2 N–H and O–H groups in total. The Balaban J connectivity index is 1.58. The fourth-order valence-electron chi connectivity index (χ4n) is 5.00. The van der Waals surface area contributed by atoms with Crippen LogP contribution in [0.2, 0.25) is 0 Å². The van der Waals surface area contributed by atoms with E-state index in [1.54, 1.807) is 12.4 Å². The first-order valence-corrected chi connectivity index (χ1v) is 12.4. The summed E-state index contributed by atoms with van der Waals surface area (Å²) in [6, 6.07) is 20.9. The third-order valence-corrected chi connectivity index (χ3v) is 6.56. The van der Waals surface area contributed by atoms with Crippen LogP contribution in [-0.4, -0.2) is 61.9 Å². The molecule has 2 atom stereocenters. The number of amides is 1. The number of para-hydroxylation sites is 1. The van der Waals surface area contributed by atoms with Gasteiger partial charge in [-0.05, 0) is 49.2 Å². The number of pyridine rings is 2. The maximum Gasteiger partial charge on any atom is 0.317 e. The molecule has 8 heteroatoms. The Labute approximate surface area is 212 Å². The monoisotopic (exact) mass is 487 g/mol. The second-order valence-electron chi connectivity index (χ2n) is 9.18. The fourth-order valence-corrected chi connectivity index (χ4v) is 5.00. The second kappa shape index (κ2) is 12.9. The highest BCUT2D eigenvalue weighted by Crippen LogP contribution is 2.29. The number of nitrogens with one attached hydrogen (secondary N) is 1. The summed E-state index contributed by atoms with van der Waals surface area (Å²) >= 11 is 0. The summed E-state index contributed by atoms with van der Waals surface area (Å²) in [5.74, 6) is -0.968. The van der Waals surface area contributed by atoms with Crippen molar-refractivity contribution in [2.75, 3.05) is 18.4 Å². The topological polar surface area (TPSA) is 98.7 Å². The number of carbonyl (C=O) groups excluding carboxylic acids is 1. The van der Waals surface area contributed by atoms with Crippen LogP contribution >= 0.6 is 0 Å². The van der Waals surface area contributed by atoms with Gasteiger partial charge in [0.05, 0.1) is 24.5 Å². The van der Waals surface area contributed by atoms with Crippen molar-refractivity contribution in [1.29, 1.82) is 0 Å². The lowest BCUT2D eigenvalue weighted by molar-refractivity contribution is -0.140. The van der Waals surface area contributed by atoms with Crippen LogP contribution in [0, 0.1) is 0 Å². The van der Waals surface area contributed by atoms with Crippen LogP contribution in [-0.2, 0) is 22.7 Å². The average molecular weight is 488 g/mol. The van der Waals surface area contributed by atoms with E-state index >= 15 is 0 Å². The maximum absolute atomic E-state index is 13.1. The molecule has 1 aromatic carbocycles. The SMILES string of the molecule is O=C(O)CN(Cc1ccccn1)[C@H]1CCCCC1N(CC(=O)Nc1ccccc1)Cc1ccccn1. The number of aromatic nitrogens is 2. The molecule has 1 fully saturated rings. The molecule has 1 unspecified atom stereocenters. The van der Waals surface area contributed by atoms with Crippen molar-refractivity contribution in [3.63, 3.8) is 0 Å². The summed E-state index contributed by atoms with van der Waals surface area (Å²) in [6.45, 7) is 1.07. The minimum absolute atomic E-state index is 0.00495. The Morgan fingerprint density at radius 1 is 0.778 bits per heavy atom. The van der Waals surface area contributed by atoms with Gasteiger partial charge in [-0.1, -0.05) is 43.2 Å². The lowest BCUT2D eigenvalue weighted by atomic mass is 9.87. The van der Waals surface area contributed by atoms with Crippen LogP contribution in [0.4, 0.5) is 5.69 Å². The molecule has 36 heavy (non-hydrogen) atoms. The number of hydrogen-bond acceptors (Lipinski definition) is 6. The number of carboxylic acid groups (broad SMARTS) is 1. The highest BCUT2D eigenvalue weighted by atomic mass is 16.4. The van der Waals surface area contributed by atoms with Gasteiger partial charge in [-0.25, -0.2) is 0 Å². The molecule has 2 heterocycles. The minimum Gasteiger partial charge on any atom is -0.480 e. The quantitative estimate of drug-likeness (QED) is 0.424. The van der Waals surface area contributed by atoms with E-state index in [-0.39, 0.29) is 31.1 Å². The van der Waals surface area contributed by atoms with Gasteiger partial charge in [0.2, 0.25) is 5.91 Å². The number of carboxylic acids is 1. The standard InChI is InChI=1S/C28H33N5O3/c34-27(31-22-10-2-1-3-11-22)20-32(18-23-12-6-8-16-29-23)25-14-4-5-15-26(25)33(21-28(35)36)19-24-13-7-9-17-30-24/h1-3,6-13,16-17,25-26H,4-5,14-15,18-21H2,(H,31,34)(H,35,36)/t25?,26-/m0/s1. The van der Waals surface area contributed by atoms with Gasteiger partial charge in [-0.3, -0.25) is 29.4 Å². The van der Waals surface area contributed by atoms with Gasteiger partial charge in [0.1, 0.15) is 0 Å². The van der Waals surface area contributed by atoms with E-state index in [1.807, 2.05) is 71.6 Å². The van der Waals surface area contributed by atoms with E-state index in [0.29, 0.717) is 13.1 Å². The Hall–Kier alpha value is -3.62. The van der Waals surface area contributed by atoms with Crippen molar-refractivity contribution < 1.29 is 14.7 Å². The predicted octanol–water partition coefficient (Wildman–Crippen LogP) is 3.82. The predicted molar refractivity (Wildman–Crippen MR) is 138 cm³/mol. The first-order chi connectivity index (χ1) is 17.6. The van der Waals surface area contributed by atoms with Gasteiger partial charge in [0.15, 0.2) is 0 Å². The van der Waals surface area contributed by atoms with Crippen molar-refractivity contribution >= 4 is 17.6 Å². The third kappa shape index (κ3) is 7.44. The summed E-state index contributed by atoms with van der Waals surface area (Å²) in [4.78, 5) is 38.1. The highest BCUT2D eigenvalue weighted by Gasteiger charge is 2.36. The number of rotatable bonds is 11. The van der Waals surface area contributed by atoms with Crippen LogP contribution in [0.25, 0.3) is 0 Å². The molecular formula is C28H33N5O3. The zero-order valence-electron chi connectivity index (χ0n) is 20.4. The van der Waals surface area contributed by atoms with Crippen LogP contribution in [0.15, 0.2) is 79.1 Å². The van der Waals surface area contributed by atoms with E-state index in [2.05, 4.69) is 20.2 Å². The molecule has 1 aliphatic rings. The molecule has 8 nitrogen and oxygen atoms in total. The molecule has 3 aromatic rings. The molecule has 0 aliphatic heterocycles. The summed E-state index contributed by atoms with van der Waals surface area (Å²) in [5.41, 5.74) is 2.47. The van der Waals surface area contributed by atoms with Crippen LogP contribution < -0.4 is 5.32 Å². The summed E-state index contributed by atoms with van der Waals surface area (Å²) in [5, 5.41) is 12.7. The molecule has 2 aromatic heterocycles. The molecule has 188 valence electrons. The van der Waals surface area contributed by atoms with Gasteiger partial charge >= 0.3 is 5.97 Å². The maximum atomic E-state index is 13.1. The van der Waals surface area contributed by atoms with E-state index in [9.17, 15) is 14.7 Å². The number of benzene rings is 1. The van der Waals surface area contributed by atoms with Crippen LogP contribution in [0.1, 0.15) is 37.1 Å². The fraction of sp³-hybridized carbons (Fsp3) is 0.357. The van der Waals surface area contributed by atoms with E-state index < -0.39 is 5.97 Å². The number of carbonyl (C=O) groups is 2. The van der Waals surface area contributed by atoms with Gasteiger partial charge in [-0.15, -0.1) is 0 Å². The van der Waals surface area contributed by atoms with Gasteiger partial charge < -0.3 is 10.4 Å². The Morgan fingerprint density at radius 2 is 1.31 bits per heavy atom. The van der Waals surface area contributed by atoms with Crippen molar-refractivity contribution in [3.8, 4) is 0 Å². The normalized spacial score (nSPS) is 17.7.